The van der Waals surface area contributed by atoms with Crippen LogP contribution in [-0.4, -0.2) is 20.1 Å². The molecule has 0 bridgehead atoms. The standard InChI is InChI=1S/C12H9N3O/c16-10-3-1-8(2-4-10)9-5-11-12(13-6-9)15-7-14-11/h1-7,16H,(H,13,14,15). The Morgan fingerprint density at radius 1 is 1.00 bits per heavy atom. The van der Waals surface area contributed by atoms with Crippen LogP contribution in [0.3, 0.4) is 0 Å². The van der Waals surface area contributed by atoms with Gasteiger partial charge in [0.1, 0.15) is 11.3 Å². The van der Waals surface area contributed by atoms with Crippen molar-refractivity contribution in [3.8, 4) is 16.9 Å². The van der Waals surface area contributed by atoms with E-state index in [1.165, 1.54) is 0 Å². The van der Waals surface area contributed by atoms with Crippen LogP contribution in [-0.2, 0) is 0 Å². The molecule has 4 nitrogen and oxygen atoms in total. The van der Waals surface area contributed by atoms with Gasteiger partial charge in [0.2, 0.25) is 0 Å². The Bertz CT molecular complexity index is 628. The van der Waals surface area contributed by atoms with E-state index in [1.54, 1.807) is 24.7 Å². The summed E-state index contributed by atoms with van der Waals surface area (Å²) < 4.78 is 0. The average Bonchev–Trinajstić information content (AvgIpc) is 2.77. The molecule has 0 radical (unpaired) electrons. The Hall–Kier alpha value is -2.36. The predicted octanol–water partition coefficient (Wildman–Crippen LogP) is 2.33. The highest BCUT2D eigenvalue weighted by Crippen LogP contribution is 2.22. The first-order valence-electron chi connectivity index (χ1n) is 4.91. The first-order valence-corrected chi connectivity index (χ1v) is 4.91. The third kappa shape index (κ3) is 1.40. The number of rotatable bonds is 1. The fraction of sp³-hybridized carbons (Fsp3) is 0. The minimum atomic E-state index is 0.262. The SMILES string of the molecule is Oc1ccc(-c2cnc3[nH]cnc3c2)cc1. The van der Waals surface area contributed by atoms with Crippen LogP contribution in [0.5, 0.6) is 5.75 Å². The molecule has 2 heterocycles. The quantitative estimate of drug-likeness (QED) is 0.649. The number of hydrogen-bond donors (Lipinski definition) is 2. The van der Waals surface area contributed by atoms with E-state index < -0.39 is 0 Å². The number of pyridine rings is 1. The van der Waals surface area contributed by atoms with Gasteiger partial charge in [-0.3, -0.25) is 0 Å². The topological polar surface area (TPSA) is 61.8 Å². The molecule has 2 aromatic heterocycles. The molecular weight excluding hydrogens is 202 g/mol. The van der Waals surface area contributed by atoms with Gasteiger partial charge in [-0.2, -0.15) is 0 Å². The number of aromatic hydroxyl groups is 1. The van der Waals surface area contributed by atoms with Crippen LogP contribution < -0.4 is 0 Å². The highest BCUT2D eigenvalue weighted by molar-refractivity contribution is 5.77. The number of nitrogens with one attached hydrogen (secondary N) is 1. The van der Waals surface area contributed by atoms with Gasteiger partial charge in [-0.15, -0.1) is 0 Å². The van der Waals surface area contributed by atoms with E-state index in [-0.39, 0.29) is 5.75 Å². The lowest BCUT2D eigenvalue weighted by atomic mass is 10.1. The second kappa shape index (κ2) is 3.34. The second-order valence-electron chi connectivity index (χ2n) is 3.54. The summed E-state index contributed by atoms with van der Waals surface area (Å²) in [5.41, 5.74) is 3.61. The minimum absolute atomic E-state index is 0.262. The van der Waals surface area contributed by atoms with E-state index in [1.807, 2.05) is 18.2 Å². The van der Waals surface area contributed by atoms with Gasteiger partial charge >= 0.3 is 0 Å². The first kappa shape index (κ1) is 8.91. The molecule has 3 rings (SSSR count). The highest BCUT2D eigenvalue weighted by Gasteiger charge is 2.02. The molecule has 0 spiro atoms. The van der Waals surface area contributed by atoms with E-state index in [0.717, 1.165) is 22.3 Å². The van der Waals surface area contributed by atoms with Crippen LogP contribution >= 0.6 is 0 Å². The summed E-state index contributed by atoms with van der Waals surface area (Å²) in [7, 11) is 0. The van der Waals surface area contributed by atoms with Gasteiger partial charge in [0.25, 0.3) is 0 Å². The molecule has 0 saturated heterocycles. The van der Waals surface area contributed by atoms with E-state index in [9.17, 15) is 5.11 Å². The second-order valence-corrected chi connectivity index (χ2v) is 3.54. The predicted molar refractivity (Wildman–Crippen MR) is 61.0 cm³/mol. The molecule has 3 aromatic rings. The third-order valence-electron chi connectivity index (χ3n) is 2.47. The van der Waals surface area contributed by atoms with Gasteiger partial charge in [0, 0.05) is 11.8 Å². The van der Waals surface area contributed by atoms with E-state index in [0.29, 0.717) is 0 Å². The Morgan fingerprint density at radius 3 is 2.62 bits per heavy atom. The average molecular weight is 211 g/mol. The van der Waals surface area contributed by atoms with Crippen LogP contribution in [0.25, 0.3) is 22.3 Å². The zero-order chi connectivity index (χ0) is 11.0. The molecule has 16 heavy (non-hydrogen) atoms. The summed E-state index contributed by atoms with van der Waals surface area (Å²) in [6, 6.07) is 8.98. The van der Waals surface area contributed by atoms with Crippen molar-refractivity contribution in [2.75, 3.05) is 0 Å². The molecule has 0 atom stereocenters. The summed E-state index contributed by atoms with van der Waals surface area (Å²) in [4.78, 5) is 11.4. The molecule has 0 aliphatic heterocycles. The number of phenolic OH excluding ortho intramolecular Hbond substituents is 1. The van der Waals surface area contributed by atoms with Gasteiger partial charge < -0.3 is 10.1 Å². The molecule has 0 fully saturated rings. The maximum atomic E-state index is 9.21. The number of H-pyrrole nitrogens is 1. The number of nitrogens with zero attached hydrogens (tertiary/aromatic N) is 2. The van der Waals surface area contributed by atoms with E-state index >= 15 is 0 Å². The molecule has 0 saturated carbocycles. The van der Waals surface area contributed by atoms with Crippen molar-refractivity contribution in [1.82, 2.24) is 15.0 Å². The maximum Gasteiger partial charge on any atom is 0.157 e. The van der Waals surface area contributed by atoms with Crippen molar-refractivity contribution < 1.29 is 5.11 Å². The highest BCUT2D eigenvalue weighted by atomic mass is 16.3. The van der Waals surface area contributed by atoms with Gasteiger partial charge in [-0.25, -0.2) is 9.97 Å². The summed E-state index contributed by atoms with van der Waals surface area (Å²) in [5.74, 6) is 0.262. The van der Waals surface area contributed by atoms with Crippen molar-refractivity contribution in [1.29, 1.82) is 0 Å². The summed E-state index contributed by atoms with van der Waals surface area (Å²) in [6.07, 6.45) is 3.41. The van der Waals surface area contributed by atoms with Gasteiger partial charge in [-0.1, -0.05) is 12.1 Å². The maximum absolute atomic E-state index is 9.21. The number of phenols is 1. The number of aromatic nitrogens is 3. The molecule has 4 heteroatoms. The molecule has 0 aliphatic rings. The van der Waals surface area contributed by atoms with Crippen LogP contribution in [0.15, 0.2) is 42.9 Å². The van der Waals surface area contributed by atoms with Crippen molar-refractivity contribution in [2.24, 2.45) is 0 Å². The third-order valence-corrected chi connectivity index (χ3v) is 2.47. The Kier molecular flexibility index (Phi) is 1.86. The zero-order valence-electron chi connectivity index (χ0n) is 8.38. The number of imidazole rings is 1. The lowest BCUT2D eigenvalue weighted by molar-refractivity contribution is 0.475. The Balaban J connectivity index is 2.14. The number of fused-ring (bicyclic) bond motifs is 1. The normalized spacial score (nSPS) is 10.8. The van der Waals surface area contributed by atoms with Crippen LogP contribution in [0, 0.1) is 0 Å². The first-order chi connectivity index (χ1) is 7.83. The van der Waals surface area contributed by atoms with E-state index in [2.05, 4.69) is 15.0 Å². The lowest BCUT2D eigenvalue weighted by Gasteiger charge is -2.00. The minimum Gasteiger partial charge on any atom is -0.508 e. The number of benzene rings is 1. The van der Waals surface area contributed by atoms with Crippen molar-refractivity contribution >= 4 is 11.2 Å². The van der Waals surface area contributed by atoms with E-state index in [4.69, 9.17) is 0 Å². The summed E-state index contributed by atoms with van der Waals surface area (Å²) in [5, 5.41) is 9.21. The van der Waals surface area contributed by atoms with Crippen molar-refractivity contribution in [2.45, 2.75) is 0 Å². The molecule has 78 valence electrons. The molecule has 2 N–H and O–H groups in total. The molecule has 0 amide bonds. The zero-order valence-corrected chi connectivity index (χ0v) is 8.38. The number of hydrogen-bond acceptors (Lipinski definition) is 3. The number of aromatic amines is 1. The molecule has 0 aliphatic carbocycles. The Labute approximate surface area is 91.6 Å². The van der Waals surface area contributed by atoms with Crippen LogP contribution in [0.4, 0.5) is 0 Å². The molecule has 0 unspecified atom stereocenters. The van der Waals surface area contributed by atoms with Gasteiger partial charge in [-0.05, 0) is 23.8 Å². The molecule has 1 aromatic carbocycles. The van der Waals surface area contributed by atoms with Crippen LogP contribution in [0.2, 0.25) is 0 Å². The fourth-order valence-corrected chi connectivity index (χ4v) is 1.64. The monoisotopic (exact) mass is 211 g/mol. The van der Waals surface area contributed by atoms with Crippen LogP contribution in [0.1, 0.15) is 0 Å². The molecular formula is C12H9N3O. The largest absolute Gasteiger partial charge is 0.508 e. The fourth-order valence-electron chi connectivity index (χ4n) is 1.64. The van der Waals surface area contributed by atoms with Crippen molar-refractivity contribution in [3.05, 3.63) is 42.9 Å². The lowest BCUT2D eigenvalue weighted by Crippen LogP contribution is -1.81. The van der Waals surface area contributed by atoms with Gasteiger partial charge in [0.15, 0.2) is 5.65 Å². The smallest absolute Gasteiger partial charge is 0.157 e. The van der Waals surface area contributed by atoms with Crippen molar-refractivity contribution in [3.63, 3.8) is 0 Å². The summed E-state index contributed by atoms with van der Waals surface area (Å²) in [6.45, 7) is 0. The Morgan fingerprint density at radius 2 is 1.81 bits per heavy atom. The van der Waals surface area contributed by atoms with Gasteiger partial charge in [0.05, 0.1) is 6.33 Å². The summed E-state index contributed by atoms with van der Waals surface area (Å²) >= 11 is 0.